The molecule has 8 heteroatoms. The molecule has 0 saturated carbocycles. The van der Waals surface area contributed by atoms with E-state index in [2.05, 4.69) is 14.9 Å². The summed E-state index contributed by atoms with van der Waals surface area (Å²) in [6.45, 7) is 4.28. The SMILES string of the molecule is C[C@@H]1CN2C[C@H](NS(=O)(=O)c3ccc4c(c3)CCC(=O)N4)C[C@H]2CO1. The third-order valence-corrected chi connectivity index (χ3v) is 6.72. The Kier molecular flexibility index (Phi) is 4.31. The van der Waals surface area contributed by atoms with Gasteiger partial charge in [-0.25, -0.2) is 13.1 Å². The Bertz CT molecular complexity index is 795. The number of aryl methyl sites for hydroxylation is 1. The molecule has 2 N–H and O–H groups in total. The number of fused-ring (bicyclic) bond motifs is 2. The van der Waals surface area contributed by atoms with Crippen LogP contribution in [0, 0.1) is 0 Å². The number of carbonyl (C=O) groups is 1. The van der Waals surface area contributed by atoms with Crippen molar-refractivity contribution < 1.29 is 17.9 Å². The molecule has 2 fully saturated rings. The van der Waals surface area contributed by atoms with Crippen molar-refractivity contribution in [2.24, 2.45) is 0 Å². The van der Waals surface area contributed by atoms with E-state index in [0.29, 0.717) is 31.2 Å². The van der Waals surface area contributed by atoms with Gasteiger partial charge in [-0.3, -0.25) is 9.69 Å². The molecule has 3 heterocycles. The average molecular weight is 365 g/mol. The zero-order valence-corrected chi connectivity index (χ0v) is 15.0. The highest BCUT2D eigenvalue weighted by atomic mass is 32.2. The van der Waals surface area contributed by atoms with Crippen molar-refractivity contribution in [1.29, 1.82) is 0 Å². The van der Waals surface area contributed by atoms with E-state index in [9.17, 15) is 13.2 Å². The zero-order chi connectivity index (χ0) is 17.6. The number of sulfonamides is 1. The summed E-state index contributed by atoms with van der Waals surface area (Å²) in [6, 6.07) is 5.10. The largest absolute Gasteiger partial charge is 0.376 e. The highest BCUT2D eigenvalue weighted by molar-refractivity contribution is 7.89. The molecule has 4 rings (SSSR count). The van der Waals surface area contributed by atoms with Crippen molar-refractivity contribution in [1.82, 2.24) is 9.62 Å². The molecule has 0 bridgehead atoms. The first kappa shape index (κ1) is 17.0. The lowest BCUT2D eigenvalue weighted by Gasteiger charge is -2.33. The molecule has 0 unspecified atom stereocenters. The molecular weight excluding hydrogens is 342 g/mol. The van der Waals surface area contributed by atoms with E-state index in [1.165, 1.54) is 0 Å². The maximum Gasteiger partial charge on any atom is 0.240 e. The van der Waals surface area contributed by atoms with Gasteiger partial charge in [0.05, 0.1) is 17.6 Å². The number of nitrogens with one attached hydrogen (secondary N) is 2. The van der Waals surface area contributed by atoms with Gasteiger partial charge in [0.1, 0.15) is 0 Å². The molecule has 0 aromatic heterocycles. The molecule has 1 amide bonds. The molecule has 3 aliphatic rings. The Balaban J connectivity index is 1.48. The van der Waals surface area contributed by atoms with Crippen LogP contribution in [0.4, 0.5) is 5.69 Å². The molecule has 136 valence electrons. The number of morpholine rings is 1. The normalized spacial score (nSPS) is 29.8. The Morgan fingerprint density at radius 2 is 2.12 bits per heavy atom. The molecule has 0 aliphatic carbocycles. The van der Waals surface area contributed by atoms with Crippen LogP contribution < -0.4 is 10.0 Å². The minimum absolute atomic E-state index is 0.0275. The topological polar surface area (TPSA) is 87.7 Å². The van der Waals surface area contributed by atoms with Gasteiger partial charge in [0.25, 0.3) is 0 Å². The maximum atomic E-state index is 12.8. The summed E-state index contributed by atoms with van der Waals surface area (Å²) < 4.78 is 34.0. The summed E-state index contributed by atoms with van der Waals surface area (Å²) in [5.74, 6) is -0.0275. The fourth-order valence-electron chi connectivity index (χ4n) is 3.94. The first-order chi connectivity index (χ1) is 11.9. The molecule has 2 saturated heterocycles. The van der Waals surface area contributed by atoms with Gasteiger partial charge in [0.15, 0.2) is 0 Å². The minimum Gasteiger partial charge on any atom is -0.376 e. The fraction of sp³-hybridized carbons (Fsp3) is 0.588. The van der Waals surface area contributed by atoms with Gasteiger partial charge >= 0.3 is 0 Å². The van der Waals surface area contributed by atoms with Gasteiger partial charge in [0, 0.05) is 37.3 Å². The van der Waals surface area contributed by atoms with Crippen LogP contribution in [0.15, 0.2) is 23.1 Å². The smallest absolute Gasteiger partial charge is 0.240 e. The van der Waals surface area contributed by atoms with Crippen LogP contribution in [0.2, 0.25) is 0 Å². The highest BCUT2D eigenvalue weighted by Gasteiger charge is 2.38. The van der Waals surface area contributed by atoms with E-state index in [0.717, 1.165) is 25.1 Å². The molecule has 7 nitrogen and oxygen atoms in total. The van der Waals surface area contributed by atoms with Gasteiger partial charge in [0.2, 0.25) is 15.9 Å². The van der Waals surface area contributed by atoms with Gasteiger partial charge in [-0.05, 0) is 43.5 Å². The lowest BCUT2D eigenvalue weighted by molar-refractivity contribution is -0.116. The average Bonchev–Trinajstić information content (AvgIpc) is 2.94. The number of amides is 1. The quantitative estimate of drug-likeness (QED) is 0.824. The van der Waals surface area contributed by atoms with Crippen LogP contribution in [-0.2, 0) is 26.0 Å². The highest BCUT2D eigenvalue weighted by Crippen LogP contribution is 2.27. The lowest BCUT2D eigenvalue weighted by Crippen LogP contribution is -2.45. The van der Waals surface area contributed by atoms with E-state index in [-0.39, 0.29) is 22.9 Å². The second-order valence-corrected chi connectivity index (χ2v) is 8.89. The van der Waals surface area contributed by atoms with E-state index in [1.807, 2.05) is 6.92 Å². The molecule has 3 atom stereocenters. The maximum absolute atomic E-state index is 12.8. The molecule has 25 heavy (non-hydrogen) atoms. The molecule has 0 radical (unpaired) electrons. The van der Waals surface area contributed by atoms with Crippen molar-refractivity contribution in [3.63, 3.8) is 0 Å². The number of nitrogens with zero attached hydrogens (tertiary/aromatic N) is 1. The van der Waals surface area contributed by atoms with Crippen LogP contribution in [0.3, 0.4) is 0 Å². The number of ether oxygens (including phenoxy) is 1. The molecular formula is C17H23N3O4S. The molecule has 3 aliphatic heterocycles. The Morgan fingerprint density at radius 3 is 2.96 bits per heavy atom. The summed E-state index contributed by atoms with van der Waals surface area (Å²) in [6.07, 6.45) is 1.93. The third-order valence-electron chi connectivity index (χ3n) is 5.20. The predicted molar refractivity (Wildman–Crippen MR) is 92.9 cm³/mol. The summed E-state index contributed by atoms with van der Waals surface area (Å²) in [5.41, 5.74) is 1.58. The van der Waals surface area contributed by atoms with Crippen molar-refractivity contribution in [3.05, 3.63) is 23.8 Å². The Morgan fingerprint density at radius 1 is 1.28 bits per heavy atom. The monoisotopic (exact) mass is 365 g/mol. The molecule has 0 spiro atoms. The minimum atomic E-state index is -3.58. The second kappa shape index (κ2) is 6.35. The summed E-state index contributed by atoms with van der Waals surface area (Å²) in [4.78, 5) is 14.0. The van der Waals surface area contributed by atoms with Crippen LogP contribution in [0.1, 0.15) is 25.3 Å². The number of carbonyl (C=O) groups excluding carboxylic acids is 1. The first-order valence-electron chi connectivity index (χ1n) is 8.71. The molecule has 1 aromatic rings. The van der Waals surface area contributed by atoms with Gasteiger partial charge in [-0.2, -0.15) is 0 Å². The van der Waals surface area contributed by atoms with Crippen molar-refractivity contribution >= 4 is 21.6 Å². The summed E-state index contributed by atoms with van der Waals surface area (Å²) in [5, 5.41) is 2.77. The van der Waals surface area contributed by atoms with Crippen LogP contribution in [-0.4, -0.2) is 57.1 Å². The fourth-order valence-corrected chi connectivity index (χ4v) is 5.23. The van der Waals surface area contributed by atoms with E-state index in [4.69, 9.17) is 4.74 Å². The first-order valence-corrected chi connectivity index (χ1v) is 10.2. The van der Waals surface area contributed by atoms with Gasteiger partial charge < -0.3 is 10.1 Å². The second-order valence-electron chi connectivity index (χ2n) is 7.17. The predicted octanol–water partition coefficient (Wildman–Crippen LogP) is 0.711. The van der Waals surface area contributed by atoms with Gasteiger partial charge in [-0.1, -0.05) is 0 Å². The Labute approximate surface area is 147 Å². The number of rotatable bonds is 3. The van der Waals surface area contributed by atoms with Gasteiger partial charge in [-0.15, -0.1) is 0 Å². The lowest BCUT2D eigenvalue weighted by atomic mass is 10.0. The zero-order valence-electron chi connectivity index (χ0n) is 14.2. The van der Waals surface area contributed by atoms with Crippen molar-refractivity contribution in [3.8, 4) is 0 Å². The van der Waals surface area contributed by atoms with Crippen LogP contribution >= 0.6 is 0 Å². The van der Waals surface area contributed by atoms with Crippen LogP contribution in [0.25, 0.3) is 0 Å². The number of hydrogen-bond acceptors (Lipinski definition) is 5. The summed E-state index contributed by atoms with van der Waals surface area (Å²) in [7, 11) is -3.58. The standard InChI is InChI=1S/C17H23N3O4S/c1-11-8-20-9-13(7-14(20)10-24-11)19-25(22,23)15-3-4-16-12(6-15)2-5-17(21)18-16/h3-4,6,11,13-14,19H,2,5,7-10H2,1H3,(H,18,21)/t11-,13-,14+/m1/s1. The van der Waals surface area contributed by atoms with E-state index in [1.54, 1.807) is 18.2 Å². The number of anilines is 1. The van der Waals surface area contributed by atoms with Crippen molar-refractivity contribution in [2.75, 3.05) is 25.0 Å². The Hall–Kier alpha value is -1.48. The van der Waals surface area contributed by atoms with E-state index < -0.39 is 10.0 Å². The molecule has 1 aromatic carbocycles. The number of benzene rings is 1. The van der Waals surface area contributed by atoms with E-state index >= 15 is 0 Å². The summed E-state index contributed by atoms with van der Waals surface area (Å²) >= 11 is 0. The van der Waals surface area contributed by atoms with Crippen molar-refractivity contribution in [2.45, 2.75) is 49.3 Å². The number of hydrogen-bond donors (Lipinski definition) is 2. The third kappa shape index (κ3) is 3.44. The van der Waals surface area contributed by atoms with Crippen LogP contribution in [0.5, 0.6) is 0 Å².